The molecule has 3 rings (SSSR count). The maximum Gasteiger partial charge on any atom is 0.254 e. The maximum atomic E-state index is 13.2. The van der Waals surface area contributed by atoms with E-state index in [2.05, 4.69) is 22.4 Å². The van der Waals surface area contributed by atoms with Crippen molar-refractivity contribution < 1.29 is 9.18 Å². The first-order valence-corrected chi connectivity index (χ1v) is 7.20. The summed E-state index contributed by atoms with van der Waals surface area (Å²) in [4.78, 5) is 15.9. The van der Waals surface area contributed by atoms with E-state index in [1.54, 1.807) is 0 Å². The maximum absolute atomic E-state index is 13.2. The van der Waals surface area contributed by atoms with E-state index in [-0.39, 0.29) is 22.7 Å². The summed E-state index contributed by atoms with van der Waals surface area (Å²) in [6, 6.07) is 9.35. The molecule has 0 bridgehead atoms. The summed E-state index contributed by atoms with van der Waals surface area (Å²) in [7, 11) is 0. The summed E-state index contributed by atoms with van der Waals surface area (Å²) in [5.74, 6) is -0.949. The minimum Gasteiger partial charge on any atom is -0.349 e. The van der Waals surface area contributed by atoms with Gasteiger partial charge in [0.15, 0.2) is 0 Å². The van der Waals surface area contributed by atoms with Crippen LogP contribution in [0.25, 0.3) is 0 Å². The van der Waals surface area contributed by atoms with Gasteiger partial charge in [0.05, 0.1) is 11.8 Å². The number of pyridine rings is 1. The van der Waals surface area contributed by atoms with Crippen molar-refractivity contribution in [2.24, 2.45) is 0 Å². The highest BCUT2D eigenvalue weighted by molar-refractivity contribution is 6.32. The van der Waals surface area contributed by atoms with Crippen LogP contribution < -0.4 is 5.32 Å². The van der Waals surface area contributed by atoms with Gasteiger partial charge in [-0.25, -0.2) is 9.37 Å². The molecule has 1 aliphatic carbocycles. The fourth-order valence-electron chi connectivity index (χ4n) is 2.67. The lowest BCUT2D eigenvalue weighted by Gasteiger charge is -2.25. The second-order valence-corrected chi connectivity index (χ2v) is 5.53. The molecule has 1 aromatic heterocycles. The normalized spacial score (nSPS) is 17.1. The Hall–Kier alpha value is -1.94. The first kappa shape index (κ1) is 14.0. The Kier molecular flexibility index (Phi) is 3.88. The molecule has 1 aromatic carbocycles. The molecule has 1 atom stereocenters. The van der Waals surface area contributed by atoms with Gasteiger partial charge in [0, 0.05) is 6.04 Å². The Bertz CT molecular complexity index is 690. The Balaban J connectivity index is 1.73. The average Bonchev–Trinajstić information content (AvgIpc) is 2.49. The van der Waals surface area contributed by atoms with Gasteiger partial charge in [-0.05, 0) is 36.5 Å². The fourth-order valence-corrected chi connectivity index (χ4v) is 2.86. The molecular formula is C16H14ClFN2O. The van der Waals surface area contributed by atoms with Crippen molar-refractivity contribution in [3.63, 3.8) is 0 Å². The number of nitrogens with one attached hydrogen (secondary N) is 1. The van der Waals surface area contributed by atoms with Crippen molar-refractivity contribution in [2.75, 3.05) is 0 Å². The zero-order valence-corrected chi connectivity index (χ0v) is 12.0. The summed E-state index contributed by atoms with van der Waals surface area (Å²) in [6.07, 6.45) is 3.57. The van der Waals surface area contributed by atoms with Crippen molar-refractivity contribution in [2.45, 2.75) is 25.3 Å². The summed E-state index contributed by atoms with van der Waals surface area (Å²) in [6.45, 7) is 0. The van der Waals surface area contributed by atoms with Crippen molar-refractivity contribution in [3.05, 3.63) is 64.2 Å². The van der Waals surface area contributed by atoms with Gasteiger partial charge in [-0.3, -0.25) is 4.79 Å². The van der Waals surface area contributed by atoms with Crippen LogP contribution in [0.4, 0.5) is 4.39 Å². The predicted molar refractivity (Wildman–Crippen MR) is 78.9 cm³/mol. The topological polar surface area (TPSA) is 42.0 Å². The summed E-state index contributed by atoms with van der Waals surface area (Å²) in [5, 5.41) is 2.93. The number of carbonyl (C=O) groups excluding carboxylic acids is 1. The Labute approximate surface area is 127 Å². The number of aromatic nitrogens is 1. The van der Waals surface area contributed by atoms with E-state index < -0.39 is 5.82 Å². The number of carbonyl (C=O) groups is 1. The molecule has 0 saturated heterocycles. The van der Waals surface area contributed by atoms with Gasteiger partial charge in [0.25, 0.3) is 5.91 Å². The first-order valence-electron chi connectivity index (χ1n) is 6.82. The van der Waals surface area contributed by atoms with E-state index in [0.717, 1.165) is 31.5 Å². The predicted octanol–water partition coefficient (Wildman–Crippen LogP) is 3.16. The lowest BCUT2D eigenvalue weighted by atomic mass is 9.88. The highest BCUT2D eigenvalue weighted by Crippen LogP contribution is 2.22. The smallest absolute Gasteiger partial charge is 0.254 e. The van der Waals surface area contributed by atoms with E-state index >= 15 is 0 Å². The van der Waals surface area contributed by atoms with Crippen LogP contribution in [-0.2, 0) is 12.8 Å². The number of hydrogen-bond donors (Lipinski definition) is 1. The van der Waals surface area contributed by atoms with Crippen molar-refractivity contribution in [3.8, 4) is 0 Å². The van der Waals surface area contributed by atoms with Gasteiger partial charge in [-0.1, -0.05) is 35.9 Å². The zero-order chi connectivity index (χ0) is 14.8. The molecule has 3 nitrogen and oxygen atoms in total. The number of benzene rings is 1. The number of aryl methyl sites for hydroxylation is 1. The molecular weight excluding hydrogens is 291 g/mol. The van der Waals surface area contributed by atoms with Crippen LogP contribution in [0.3, 0.4) is 0 Å². The minimum absolute atomic E-state index is 0.0186. The van der Waals surface area contributed by atoms with E-state index in [1.807, 2.05) is 12.1 Å². The standard InChI is InChI=1S/C16H14ClFN2O/c17-15-14(8-12(18)9-19-15)16(21)20-13-6-5-10-3-1-2-4-11(10)7-13/h1-4,8-9,13H,5-7H2,(H,20,21). The number of halogens is 2. The molecule has 0 aliphatic heterocycles. The van der Waals surface area contributed by atoms with E-state index in [1.165, 1.54) is 11.1 Å². The van der Waals surface area contributed by atoms with Crippen LogP contribution in [0.1, 0.15) is 27.9 Å². The van der Waals surface area contributed by atoms with Crippen LogP contribution in [-0.4, -0.2) is 16.9 Å². The highest BCUT2D eigenvalue weighted by Gasteiger charge is 2.21. The highest BCUT2D eigenvalue weighted by atomic mass is 35.5. The van der Waals surface area contributed by atoms with Crippen LogP contribution >= 0.6 is 11.6 Å². The summed E-state index contributed by atoms with van der Waals surface area (Å²) in [5.41, 5.74) is 2.65. The molecule has 1 aliphatic rings. The average molecular weight is 305 g/mol. The molecule has 0 fully saturated rings. The van der Waals surface area contributed by atoms with Gasteiger partial charge in [0.2, 0.25) is 0 Å². The van der Waals surface area contributed by atoms with Crippen LogP contribution in [0, 0.1) is 5.82 Å². The SMILES string of the molecule is O=C(NC1CCc2ccccc2C1)c1cc(F)cnc1Cl. The Morgan fingerprint density at radius 1 is 1.33 bits per heavy atom. The number of hydrogen-bond acceptors (Lipinski definition) is 2. The molecule has 0 radical (unpaired) electrons. The van der Waals surface area contributed by atoms with Crippen molar-refractivity contribution in [1.29, 1.82) is 0 Å². The number of nitrogens with zero attached hydrogens (tertiary/aromatic N) is 1. The molecule has 1 unspecified atom stereocenters. The second kappa shape index (κ2) is 5.82. The van der Waals surface area contributed by atoms with Crippen LogP contribution in [0.2, 0.25) is 5.15 Å². The van der Waals surface area contributed by atoms with Crippen LogP contribution in [0.5, 0.6) is 0 Å². The lowest BCUT2D eigenvalue weighted by Crippen LogP contribution is -2.39. The van der Waals surface area contributed by atoms with Gasteiger partial charge in [-0.15, -0.1) is 0 Å². The summed E-state index contributed by atoms with van der Waals surface area (Å²) >= 11 is 5.85. The van der Waals surface area contributed by atoms with E-state index in [0.29, 0.717) is 0 Å². The molecule has 0 saturated carbocycles. The van der Waals surface area contributed by atoms with Crippen LogP contribution in [0.15, 0.2) is 36.5 Å². The zero-order valence-electron chi connectivity index (χ0n) is 11.3. The first-order chi connectivity index (χ1) is 10.1. The van der Waals surface area contributed by atoms with E-state index in [4.69, 9.17) is 11.6 Å². The number of rotatable bonds is 2. The third-order valence-corrected chi connectivity index (χ3v) is 4.03. The molecule has 1 amide bonds. The van der Waals surface area contributed by atoms with Crippen molar-refractivity contribution in [1.82, 2.24) is 10.3 Å². The fraction of sp³-hybridized carbons (Fsp3) is 0.250. The Morgan fingerprint density at radius 2 is 2.10 bits per heavy atom. The lowest BCUT2D eigenvalue weighted by molar-refractivity contribution is 0.0933. The second-order valence-electron chi connectivity index (χ2n) is 5.17. The summed E-state index contributed by atoms with van der Waals surface area (Å²) < 4.78 is 13.2. The molecule has 5 heteroatoms. The number of amides is 1. The molecule has 1 heterocycles. The van der Waals surface area contributed by atoms with Crippen molar-refractivity contribution >= 4 is 17.5 Å². The van der Waals surface area contributed by atoms with Gasteiger partial charge < -0.3 is 5.32 Å². The molecule has 2 aromatic rings. The number of fused-ring (bicyclic) bond motifs is 1. The molecule has 21 heavy (non-hydrogen) atoms. The van der Waals surface area contributed by atoms with E-state index in [9.17, 15) is 9.18 Å². The Morgan fingerprint density at radius 3 is 2.90 bits per heavy atom. The third-order valence-electron chi connectivity index (χ3n) is 3.73. The third kappa shape index (κ3) is 3.05. The van der Waals surface area contributed by atoms with Gasteiger partial charge in [-0.2, -0.15) is 0 Å². The minimum atomic E-state index is -0.571. The monoisotopic (exact) mass is 304 g/mol. The molecule has 0 spiro atoms. The quantitative estimate of drug-likeness (QED) is 0.866. The largest absolute Gasteiger partial charge is 0.349 e. The molecule has 1 N–H and O–H groups in total. The van der Waals surface area contributed by atoms with Gasteiger partial charge in [0.1, 0.15) is 11.0 Å². The van der Waals surface area contributed by atoms with Gasteiger partial charge >= 0.3 is 0 Å². The molecule has 108 valence electrons.